The Morgan fingerprint density at radius 1 is 1.40 bits per heavy atom. The molecule has 3 N–H and O–H groups in total. The quantitative estimate of drug-likeness (QED) is 0.415. The van der Waals surface area contributed by atoms with E-state index in [4.69, 9.17) is 4.55 Å². The number of nitrogens with one attached hydrogen (secondary N) is 1. The Morgan fingerprint density at radius 2 is 2.15 bits per heavy atom. The molecule has 0 aromatic heterocycles. The fraction of sp³-hybridized carbons (Fsp3) is 0.100. The highest BCUT2D eigenvalue weighted by Crippen LogP contribution is 2.19. The molecule has 10 heteroatoms. The first kappa shape index (κ1) is 14.5. The zero-order chi connectivity index (χ0) is 14.8. The van der Waals surface area contributed by atoms with E-state index in [1.165, 1.54) is 11.8 Å². The smallest absolute Gasteiger partial charge is 0.294 e. The van der Waals surface area contributed by atoms with E-state index < -0.39 is 10.1 Å². The van der Waals surface area contributed by atoms with Gasteiger partial charge in [0.05, 0.1) is 16.9 Å². The molecule has 106 valence electrons. The van der Waals surface area contributed by atoms with E-state index in [0.29, 0.717) is 5.17 Å². The van der Waals surface area contributed by atoms with Crippen molar-refractivity contribution in [3.05, 3.63) is 23.8 Å². The van der Waals surface area contributed by atoms with E-state index in [1.807, 2.05) is 0 Å². The van der Waals surface area contributed by atoms with Crippen molar-refractivity contribution in [3.8, 4) is 5.75 Å². The third kappa shape index (κ3) is 3.56. The van der Waals surface area contributed by atoms with Crippen molar-refractivity contribution in [1.29, 1.82) is 0 Å². The van der Waals surface area contributed by atoms with Crippen molar-refractivity contribution >= 4 is 39.2 Å². The van der Waals surface area contributed by atoms with E-state index in [0.717, 1.165) is 24.4 Å². The van der Waals surface area contributed by atoms with Gasteiger partial charge in [-0.15, -0.1) is 5.10 Å². The molecule has 0 unspecified atom stereocenters. The van der Waals surface area contributed by atoms with Crippen LogP contribution in [0, 0.1) is 0 Å². The van der Waals surface area contributed by atoms with Gasteiger partial charge < -0.3 is 10.4 Å². The van der Waals surface area contributed by atoms with Crippen LogP contribution in [0.1, 0.15) is 5.56 Å². The van der Waals surface area contributed by atoms with Crippen LogP contribution in [-0.4, -0.2) is 41.1 Å². The first-order chi connectivity index (χ1) is 9.36. The predicted octanol–water partition coefficient (Wildman–Crippen LogP) is 0.192. The predicted molar refractivity (Wildman–Crippen MR) is 73.6 cm³/mol. The van der Waals surface area contributed by atoms with Gasteiger partial charge in [-0.25, -0.2) is 0 Å². The Bertz CT molecular complexity index is 712. The number of carbonyl (C=O) groups excluding carboxylic acids is 1. The first-order valence-electron chi connectivity index (χ1n) is 5.20. The highest BCUT2D eigenvalue weighted by atomic mass is 32.2. The van der Waals surface area contributed by atoms with Gasteiger partial charge in [-0.3, -0.25) is 9.35 Å². The maximum Gasteiger partial charge on any atom is 0.294 e. The Hall–Kier alpha value is -1.91. The van der Waals surface area contributed by atoms with Crippen LogP contribution in [0.25, 0.3) is 0 Å². The number of aromatic hydroxyl groups is 1. The SMILES string of the molecule is O=C1CSC(=NN=Cc2cc(S(=O)(=O)O)ccc2O)N1. The summed E-state index contributed by atoms with van der Waals surface area (Å²) >= 11 is 1.17. The molecule has 0 saturated carbocycles. The molecule has 0 aliphatic carbocycles. The van der Waals surface area contributed by atoms with Crippen LogP contribution in [-0.2, 0) is 14.9 Å². The molecule has 0 spiro atoms. The summed E-state index contributed by atoms with van der Waals surface area (Å²) in [6, 6.07) is 3.22. The zero-order valence-corrected chi connectivity index (χ0v) is 11.5. The first-order valence-corrected chi connectivity index (χ1v) is 7.63. The number of nitrogens with zero attached hydrogens (tertiary/aromatic N) is 2. The highest BCUT2D eigenvalue weighted by molar-refractivity contribution is 8.15. The molecule has 20 heavy (non-hydrogen) atoms. The monoisotopic (exact) mass is 315 g/mol. The summed E-state index contributed by atoms with van der Waals surface area (Å²) in [7, 11) is -4.36. The van der Waals surface area contributed by atoms with Crippen molar-refractivity contribution < 1.29 is 22.9 Å². The number of hydrogen-bond acceptors (Lipinski definition) is 7. The molecule has 1 aliphatic heterocycles. The van der Waals surface area contributed by atoms with Gasteiger partial charge in [0.15, 0.2) is 5.17 Å². The highest BCUT2D eigenvalue weighted by Gasteiger charge is 2.16. The third-order valence-electron chi connectivity index (χ3n) is 2.23. The maximum absolute atomic E-state index is 11.0. The average Bonchev–Trinajstić information content (AvgIpc) is 2.76. The van der Waals surface area contributed by atoms with Crippen molar-refractivity contribution in [2.24, 2.45) is 10.2 Å². The minimum atomic E-state index is -4.36. The van der Waals surface area contributed by atoms with E-state index in [1.54, 1.807) is 0 Å². The van der Waals surface area contributed by atoms with Crippen molar-refractivity contribution in [2.45, 2.75) is 4.90 Å². The number of benzene rings is 1. The Labute approximate surface area is 118 Å². The number of carbonyl (C=O) groups is 1. The summed E-state index contributed by atoms with van der Waals surface area (Å²) in [6.07, 6.45) is 1.11. The van der Waals surface area contributed by atoms with E-state index in [9.17, 15) is 18.3 Å². The molecule has 1 amide bonds. The lowest BCUT2D eigenvalue weighted by atomic mass is 10.2. The molecule has 0 bridgehead atoms. The number of phenolic OH excluding ortho intramolecular Hbond substituents is 1. The minimum Gasteiger partial charge on any atom is -0.507 e. The molecule has 1 heterocycles. The lowest BCUT2D eigenvalue weighted by Crippen LogP contribution is -2.19. The minimum absolute atomic E-state index is 0.0683. The number of amides is 1. The fourth-order valence-electron chi connectivity index (χ4n) is 1.32. The number of hydrogen-bond donors (Lipinski definition) is 3. The fourth-order valence-corrected chi connectivity index (χ4v) is 2.47. The summed E-state index contributed by atoms with van der Waals surface area (Å²) in [6.45, 7) is 0. The molecule has 1 saturated heterocycles. The second kappa shape index (κ2) is 5.61. The maximum atomic E-state index is 11.0. The Balaban J connectivity index is 2.23. The van der Waals surface area contributed by atoms with Gasteiger partial charge in [0.25, 0.3) is 10.1 Å². The second-order valence-electron chi connectivity index (χ2n) is 3.68. The van der Waals surface area contributed by atoms with Gasteiger partial charge >= 0.3 is 0 Å². The van der Waals surface area contributed by atoms with Gasteiger partial charge in [0.1, 0.15) is 5.75 Å². The third-order valence-corrected chi connectivity index (χ3v) is 3.94. The zero-order valence-electron chi connectivity index (χ0n) is 9.85. The van der Waals surface area contributed by atoms with Crippen molar-refractivity contribution in [2.75, 3.05) is 5.75 Å². The molecular formula is C10H9N3O5S2. The number of rotatable bonds is 3. The van der Waals surface area contributed by atoms with Gasteiger partial charge in [-0.2, -0.15) is 13.5 Å². The summed E-state index contributed by atoms with van der Waals surface area (Å²) in [5.74, 6) is -0.137. The molecule has 1 aliphatic rings. The molecule has 0 atom stereocenters. The van der Waals surface area contributed by atoms with Crippen LogP contribution in [0.3, 0.4) is 0 Å². The Kier molecular flexibility index (Phi) is 4.06. The van der Waals surface area contributed by atoms with Crippen LogP contribution >= 0.6 is 11.8 Å². The summed E-state index contributed by atoms with van der Waals surface area (Å²) in [5.41, 5.74) is 0.0683. The standard InChI is InChI=1S/C10H9N3O5S2/c14-8-2-1-7(20(16,17)18)3-6(8)4-11-13-10-12-9(15)5-19-10/h1-4,14H,5H2,(H,12,13,15)(H,16,17,18). The summed E-state index contributed by atoms with van der Waals surface area (Å²) in [5, 5.41) is 19.6. The molecule has 2 rings (SSSR count). The molecule has 1 aromatic carbocycles. The molecule has 0 radical (unpaired) electrons. The molecular weight excluding hydrogens is 306 g/mol. The number of thioether (sulfide) groups is 1. The molecule has 1 aromatic rings. The van der Waals surface area contributed by atoms with Gasteiger partial charge in [0, 0.05) is 5.56 Å². The van der Waals surface area contributed by atoms with E-state index in [2.05, 4.69) is 15.5 Å². The molecule has 8 nitrogen and oxygen atoms in total. The van der Waals surface area contributed by atoms with Crippen molar-refractivity contribution in [3.63, 3.8) is 0 Å². The normalized spacial score (nSPS) is 17.9. The van der Waals surface area contributed by atoms with Gasteiger partial charge in [-0.1, -0.05) is 11.8 Å². The van der Waals surface area contributed by atoms with Gasteiger partial charge in [0.2, 0.25) is 5.91 Å². The summed E-state index contributed by atoms with van der Waals surface area (Å²) in [4.78, 5) is 10.5. The van der Waals surface area contributed by atoms with E-state index >= 15 is 0 Å². The lowest BCUT2D eigenvalue weighted by molar-refractivity contribution is -0.116. The Morgan fingerprint density at radius 3 is 2.75 bits per heavy atom. The van der Waals surface area contributed by atoms with Crippen LogP contribution in [0.4, 0.5) is 0 Å². The van der Waals surface area contributed by atoms with Crippen LogP contribution in [0.5, 0.6) is 5.75 Å². The summed E-state index contributed by atoms with van der Waals surface area (Å²) < 4.78 is 30.8. The molecule has 1 fully saturated rings. The van der Waals surface area contributed by atoms with Gasteiger partial charge in [-0.05, 0) is 18.2 Å². The van der Waals surface area contributed by atoms with Crippen LogP contribution in [0.2, 0.25) is 0 Å². The largest absolute Gasteiger partial charge is 0.507 e. The average molecular weight is 315 g/mol. The van der Waals surface area contributed by atoms with Crippen LogP contribution in [0.15, 0.2) is 33.3 Å². The van der Waals surface area contributed by atoms with Crippen molar-refractivity contribution in [1.82, 2.24) is 5.32 Å². The topological polar surface area (TPSA) is 128 Å². The second-order valence-corrected chi connectivity index (χ2v) is 6.07. The number of phenols is 1. The van der Waals surface area contributed by atoms with Crippen LogP contribution < -0.4 is 5.32 Å². The van der Waals surface area contributed by atoms with E-state index in [-0.39, 0.29) is 27.9 Å². The number of amidine groups is 1. The lowest BCUT2D eigenvalue weighted by Gasteiger charge is -2.01.